The Bertz CT molecular complexity index is 1280. The molecule has 0 atom stereocenters. The van der Waals surface area contributed by atoms with E-state index in [0.717, 1.165) is 11.6 Å². The molecule has 3 aromatic rings. The van der Waals surface area contributed by atoms with Crippen LogP contribution in [-0.2, 0) is 4.79 Å². The van der Waals surface area contributed by atoms with Crippen molar-refractivity contribution in [1.29, 1.82) is 0 Å². The van der Waals surface area contributed by atoms with Crippen LogP contribution in [0.1, 0.15) is 21.5 Å². The zero-order valence-corrected chi connectivity index (χ0v) is 19.5. The van der Waals surface area contributed by atoms with Crippen LogP contribution in [0.2, 0.25) is 5.02 Å². The quantitative estimate of drug-likeness (QED) is 0.257. The van der Waals surface area contributed by atoms with Gasteiger partial charge < -0.3 is 14.8 Å². The number of non-ortho nitro benzene ring substituents is 1. The minimum absolute atomic E-state index is 0.0830. The molecular weight excluding hydrogens is 476 g/mol. The Morgan fingerprint density at radius 2 is 1.89 bits per heavy atom. The van der Waals surface area contributed by atoms with E-state index in [-0.39, 0.29) is 40.3 Å². The molecule has 3 aromatic carbocycles. The molecule has 0 bridgehead atoms. The van der Waals surface area contributed by atoms with Gasteiger partial charge in [-0.05, 0) is 42.8 Å². The van der Waals surface area contributed by atoms with E-state index in [1.807, 2.05) is 19.1 Å². The first-order valence-corrected chi connectivity index (χ1v) is 10.6. The maximum absolute atomic E-state index is 12.2. The van der Waals surface area contributed by atoms with Gasteiger partial charge in [-0.3, -0.25) is 19.7 Å². The van der Waals surface area contributed by atoms with Gasteiger partial charge in [0.25, 0.3) is 17.5 Å². The zero-order valence-electron chi connectivity index (χ0n) is 18.8. The van der Waals surface area contributed by atoms with Gasteiger partial charge >= 0.3 is 0 Å². The van der Waals surface area contributed by atoms with Crippen LogP contribution in [0.4, 0.5) is 11.4 Å². The summed E-state index contributed by atoms with van der Waals surface area (Å²) in [5, 5.41) is 17.6. The number of hydrogen-bond donors (Lipinski definition) is 2. The van der Waals surface area contributed by atoms with Gasteiger partial charge in [0, 0.05) is 23.4 Å². The molecule has 0 spiro atoms. The number of methoxy groups -OCH3 is 1. The van der Waals surface area contributed by atoms with Gasteiger partial charge in [0.15, 0.2) is 18.1 Å². The van der Waals surface area contributed by atoms with Crippen molar-refractivity contribution in [3.63, 3.8) is 0 Å². The number of nitro groups is 1. The van der Waals surface area contributed by atoms with Crippen LogP contribution in [0.3, 0.4) is 0 Å². The largest absolute Gasteiger partial charge is 0.493 e. The smallest absolute Gasteiger partial charge is 0.271 e. The molecule has 0 saturated heterocycles. The molecule has 180 valence electrons. The first-order valence-electron chi connectivity index (χ1n) is 10.2. The van der Waals surface area contributed by atoms with Crippen molar-refractivity contribution in [3.8, 4) is 11.5 Å². The first kappa shape index (κ1) is 25.2. The maximum Gasteiger partial charge on any atom is 0.271 e. The van der Waals surface area contributed by atoms with Gasteiger partial charge in [-0.2, -0.15) is 5.10 Å². The summed E-state index contributed by atoms with van der Waals surface area (Å²) in [6, 6.07) is 15.7. The number of hydrazone groups is 1. The lowest BCUT2D eigenvalue weighted by atomic mass is 10.2. The van der Waals surface area contributed by atoms with E-state index in [1.54, 1.807) is 18.2 Å². The molecule has 35 heavy (non-hydrogen) atoms. The summed E-state index contributed by atoms with van der Waals surface area (Å²) >= 11 is 6.31. The van der Waals surface area contributed by atoms with Crippen molar-refractivity contribution in [2.45, 2.75) is 6.92 Å². The SMILES string of the molecule is COc1cc(/C=N/NC(=O)c2cccc([N+](=O)[O-])c2)cc(Cl)c1OCC(=O)Nc1ccc(C)cc1. The second-order valence-corrected chi connectivity index (χ2v) is 7.65. The zero-order chi connectivity index (χ0) is 25.4. The monoisotopic (exact) mass is 496 g/mol. The Morgan fingerprint density at radius 3 is 2.57 bits per heavy atom. The van der Waals surface area contributed by atoms with Crippen LogP contribution in [-0.4, -0.2) is 36.7 Å². The van der Waals surface area contributed by atoms with Gasteiger partial charge in [0.05, 0.1) is 23.3 Å². The van der Waals surface area contributed by atoms with Crippen molar-refractivity contribution in [3.05, 3.63) is 92.5 Å². The third-order valence-corrected chi connectivity index (χ3v) is 4.91. The normalized spacial score (nSPS) is 10.6. The summed E-state index contributed by atoms with van der Waals surface area (Å²) in [7, 11) is 1.41. The Labute approximate surface area is 205 Å². The van der Waals surface area contributed by atoms with E-state index in [2.05, 4.69) is 15.8 Å². The maximum atomic E-state index is 12.2. The lowest BCUT2D eigenvalue weighted by Gasteiger charge is -2.13. The fourth-order valence-electron chi connectivity index (χ4n) is 2.92. The lowest BCUT2D eigenvalue weighted by molar-refractivity contribution is -0.384. The highest BCUT2D eigenvalue weighted by atomic mass is 35.5. The lowest BCUT2D eigenvalue weighted by Crippen LogP contribution is -2.20. The van der Waals surface area contributed by atoms with E-state index >= 15 is 0 Å². The molecular formula is C24H21ClN4O6. The summed E-state index contributed by atoms with van der Waals surface area (Å²) in [5.74, 6) is -0.567. The van der Waals surface area contributed by atoms with E-state index < -0.39 is 10.8 Å². The number of ether oxygens (including phenoxy) is 2. The molecule has 0 aromatic heterocycles. The molecule has 11 heteroatoms. The molecule has 2 N–H and O–H groups in total. The van der Waals surface area contributed by atoms with Gasteiger partial charge in [0.2, 0.25) is 0 Å². The molecule has 10 nitrogen and oxygen atoms in total. The second-order valence-electron chi connectivity index (χ2n) is 7.24. The molecule has 0 aliphatic carbocycles. The van der Waals surface area contributed by atoms with Crippen molar-refractivity contribution in [1.82, 2.24) is 5.43 Å². The topological polar surface area (TPSA) is 132 Å². The first-order chi connectivity index (χ1) is 16.8. The number of nitrogens with zero attached hydrogens (tertiary/aromatic N) is 2. The minimum atomic E-state index is -0.623. The van der Waals surface area contributed by atoms with Crippen LogP contribution in [0.15, 0.2) is 65.8 Å². The van der Waals surface area contributed by atoms with Crippen LogP contribution in [0.25, 0.3) is 0 Å². The molecule has 0 radical (unpaired) electrons. The van der Waals surface area contributed by atoms with Gasteiger partial charge in [-0.15, -0.1) is 0 Å². The van der Waals surface area contributed by atoms with E-state index in [1.165, 1.54) is 37.6 Å². The number of rotatable bonds is 9. The summed E-state index contributed by atoms with van der Waals surface area (Å²) in [4.78, 5) is 34.7. The fourth-order valence-corrected chi connectivity index (χ4v) is 3.19. The standard InChI is InChI=1S/C24H21ClN4O6/c1-15-6-8-18(9-7-15)27-22(30)14-35-23-20(25)10-16(11-21(23)34-2)13-26-28-24(31)17-4-3-5-19(12-17)29(32)33/h3-13H,14H2,1-2H3,(H,27,30)(H,28,31)/b26-13+. The van der Waals surface area contributed by atoms with Gasteiger partial charge in [-0.1, -0.05) is 35.4 Å². The number of carbonyl (C=O) groups is 2. The number of hydrogen-bond acceptors (Lipinski definition) is 7. The van der Waals surface area contributed by atoms with Gasteiger partial charge in [0.1, 0.15) is 0 Å². The Kier molecular flexibility index (Phi) is 8.36. The van der Waals surface area contributed by atoms with Crippen LogP contribution in [0.5, 0.6) is 11.5 Å². The van der Waals surface area contributed by atoms with Crippen molar-refractivity contribution in [2.75, 3.05) is 19.0 Å². The second kappa shape index (κ2) is 11.6. The number of halogens is 1. The fraction of sp³-hybridized carbons (Fsp3) is 0.125. The summed E-state index contributed by atoms with van der Waals surface area (Å²) < 4.78 is 10.9. The third kappa shape index (κ3) is 7.02. The minimum Gasteiger partial charge on any atom is -0.493 e. The molecule has 3 rings (SSSR count). The molecule has 0 fully saturated rings. The summed E-state index contributed by atoms with van der Waals surface area (Å²) in [6.07, 6.45) is 1.32. The number of aryl methyl sites for hydroxylation is 1. The number of carbonyl (C=O) groups excluding carboxylic acids is 2. The average molecular weight is 497 g/mol. The number of benzene rings is 3. The van der Waals surface area contributed by atoms with Crippen LogP contribution in [0, 0.1) is 17.0 Å². The van der Waals surface area contributed by atoms with Crippen molar-refractivity contribution in [2.24, 2.45) is 5.10 Å². The highest BCUT2D eigenvalue weighted by molar-refractivity contribution is 6.32. The Hall–Kier alpha value is -4.44. The van der Waals surface area contributed by atoms with Gasteiger partial charge in [-0.25, -0.2) is 5.43 Å². The number of nitrogens with one attached hydrogen (secondary N) is 2. The summed E-state index contributed by atoms with van der Waals surface area (Å²) in [5.41, 5.74) is 4.35. The number of anilines is 1. The Balaban J connectivity index is 1.63. The predicted octanol–water partition coefficient (Wildman–Crippen LogP) is 4.35. The molecule has 0 saturated carbocycles. The highest BCUT2D eigenvalue weighted by Gasteiger charge is 2.14. The van der Waals surface area contributed by atoms with E-state index in [4.69, 9.17) is 21.1 Å². The molecule has 0 aliphatic rings. The molecule has 0 heterocycles. The molecule has 0 unspecified atom stereocenters. The number of nitro benzene ring substituents is 1. The van der Waals surface area contributed by atoms with Crippen molar-refractivity contribution < 1.29 is 24.0 Å². The summed E-state index contributed by atoms with van der Waals surface area (Å²) in [6.45, 7) is 1.65. The predicted molar refractivity (Wildman–Crippen MR) is 131 cm³/mol. The van der Waals surface area contributed by atoms with Crippen LogP contribution < -0.4 is 20.2 Å². The van der Waals surface area contributed by atoms with Crippen LogP contribution >= 0.6 is 11.6 Å². The molecule has 0 aliphatic heterocycles. The van der Waals surface area contributed by atoms with E-state index in [9.17, 15) is 19.7 Å². The molecule has 2 amide bonds. The third-order valence-electron chi connectivity index (χ3n) is 4.63. The van der Waals surface area contributed by atoms with Crippen molar-refractivity contribution >= 4 is 41.0 Å². The Morgan fingerprint density at radius 1 is 1.14 bits per heavy atom. The van der Waals surface area contributed by atoms with E-state index in [0.29, 0.717) is 11.3 Å². The average Bonchev–Trinajstić information content (AvgIpc) is 2.84. The number of amides is 2. The highest BCUT2D eigenvalue weighted by Crippen LogP contribution is 2.36.